The van der Waals surface area contributed by atoms with Crippen LogP contribution in [-0.4, -0.2) is 72.7 Å². The lowest BCUT2D eigenvalue weighted by atomic mass is 10.0. The first-order valence-corrected chi connectivity index (χ1v) is 13.0. The molecule has 2 aliphatic rings. The number of hydrogen-bond donors (Lipinski definition) is 0. The molecule has 0 N–H and O–H groups in total. The molecule has 3 aromatic rings. The predicted molar refractivity (Wildman–Crippen MR) is 140 cm³/mol. The van der Waals surface area contributed by atoms with E-state index in [-0.39, 0.29) is 11.5 Å². The molecule has 5 rings (SSSR count). The lowest BCUT2D eigenvalue weighted by Crippen LogP contribution is -2.46. The van der Waals surface area contributed by atoms with Gasteiger partial charge in [-0.25, -0.2) is 14.6 Å². The van der Waals surface area contributed by atoms with Gasteiger partial charge in [0.05, 0.1) is 5.39 Å². The number of aromatic nitrogens is 2. The van der Waals surface area contributed by atoms with Crippen LogP contribution in [0.25, 0.3) is 22.0 Å². The maximum absolute atomic E-state index is 12.4. The molecule has 0 atom stereocenters. The SMILES string of the molecule is CCCOCCCc1ccc(-c2nc(N3CCN(CC)CC3)c3cccc4c3c2OC(=O)C(=O)O4)cn1. The first-order chi connectivity index (χ1) is 18.1. The van der Waals surface area contributed by atoms with Crippen molar-refractivity contribution in [2.75, 3.05) is 50.8 Å². The Morgan fingerprint density at radius 2 is 1.78 bits per heavy atom. The maximum Gasteiger partial charge on any atom is 0.423 e. The molecule has 0 saturated carbocycles. The fourth-order valence-corrected chi connectivity index (χ4v) is 4.77. The molecule has 37 heavy (non-hydrogen) atoms. The molecular formula is C28H32N4O5. The van der Waals surface area contributed by atoms with E-state index < -0.39 is 11.9 Å². The molecular weight excluding hydrogens is 472 g/mol. The zero-order valence-electron chi connectivity index (χ0n) is 21.4. The highest BCUT2D eigenvalue weighted by atomic mass is 16.6. The minimum Gasteiger partial charge on any atom is -0.417 e. The van der Waals surface area contributed by atoms with Crippen molar-refractivity contribution in [2.45, 2.75) is 33.1 Å². The van der Waals surface area contributed by atoms with Crippen LogP contribution in [-0.2, 0) is 20.7 Å². The summed E-state index contributed by atoms with van der Waals surface area (Å²) in [6, 6.07) is 9.30. The average molecular weight is 505 g/mol. The van der Waals surface area contributed by atoms with E-state index in [9.17, 15) is 9.59 Å². The lowest BCUT2D eigenvalue weighted by Gasteiger charge is -2.35. The number of carbonyl (C=O) groups excluding carboxylic acids is 2. The molecule has 0 amide bonds. The van der Waals surface area contributed by atoms with Crippen LogP contribution in [0, 0.1) is 0 Å². The van der Waals surface area contributed by atoms with Crippen molar-refractivity contribution >= 4 is 28.5 Å². The van der Waals surface area contributed by atoms with E-state index in [0.29, 0.717) is 23.3 Å². The largest absolute Gasteiger partial charge is 0.423 e. The van der Waals surface area contributed by atoms with E-state index in [4.69, 9.17) is 19.2 Å². The monoisotopic (exact) mass is 504 g/mol. The number of nitrogens with zero attached hydrogens (tertiary/aromatic N) is 4. The maximum atomic E-state index is 12.4. The standard InChI is InChI=1S/C28H32N4O5/c1-3-16-35-17-6-7-20-11-10-19(18-29-20)24-25-23-21(8-5-9-22(23)36-27(33)28(34)37-25)26(30-24)32-14-12-31(4-2)13-15-32/h5,8-11,18H,3-4,6-7,12-17H2,1-2H3. The fourth-order valence-electron chi connectivity index (χ4n) is 4.77. The van der Waals surface area contributed by atoms with Crippen molar-refractivity contribution < 1.29 is 23.8 Å². The van der Waals surface area contributed by atoms with E-state index in [2.05, 4.69) is 28.6 Å². The smallest absolute Gasteiger partial charge is 0.417 e. The molecule has 9 nitrogen and oxygen atoms in total. The predicted octanol–water partition coefficient (Wildman–Crippen LogP) is 3.62. The number of ether oxygens (including phenoxy) is 3. The zero-order chi connectivity index (χ0) is 25.8. The van der Waals surface area contributed by atoms with Crippen molar-refractivity contribution in [2.24, 2.45) is 0 Å². The Balaban J connectivity index is 1.55. The van der Waals surface area contributed by atoms with Crippen LogP contribution in [0.15, 0.2) is 36.5 Å². The van der Waals surface area contributed by atoms with Gasteiger partial charge in [0.15, 0.2) is 5.75 Å². The normalized spacial score (nSPS) is 16.0. The van der Waals surface area contributed by atoms with Crippen LogP contribution >= 0.6 is 0 Å². The van der Waals surface area contributed by atoms with Crippen molar-refractivity contribution in [3.8, 4) is 22.8 Å². The summed E-state index contributed by atoms with van der Waals surface area (Å²) in [5.41, 5.74) is 2.11. The van der Waals surface area contributed by atoms with Crippen LogP contribution in [0.2, 0.25) is 0 Å². The molecule has 0 radical (unpaired) electrons. The number of anilines is 1. The van der Waals surface area contributed by atoms with Crippen LogP contribution in [0.4, 0.5) is 5.82 Å². The number of likely N-dealkylation sites (N-methyl/N-ethyl adjacent to an activating group) is 1. The van der Waals surface area contributed by atoms with Gasteiger partial charge in [-0.15, -0.1) is 0 Å². The van der Waals surface area contributed by atoms with E-state index in [1.807, 2.05) is 18.2 Å². The third-order valence-corrected chi connectivity index (χ3v) is 6.78. The van der Waals surface area contributed by atoms with E-state index in [1.54, 1.807) is 18.3 Å². The molecule has 1 aromatic carbocycles. The van der Waals surface area contributed by atoms with Gasteiger partial charge in [0.25, 0.3) is 0 Å². The summed E-state index contributed by atoms with van der Waals surface area (Å²) in [5, 5.41) is 1.34. The Kier molecular flexibility index (Phi) is 7.62. The highest BCUT2D eigenvalue weighted by Crippen LogP contribution is 2.45. The van der Waals surface area contributed by atoms with Gasteiger partial charge < -0.3 is 24.0 Å². The van der Waals surface area contributed by atoms with Gasteiger partial charge in [-0.05, 0) is 44.0 Å². The Hall–Kier alpha value is -3.56. The number of benzene rings is 1. The number of carbonyl (C=O) groups is 2. The highest BCUT2D eigenvalue weighted by molar-refractivity contribution is 6.32. The Morgan fingerprint density at radius 3 is 2.51 bits per heavy atom. The van der Waals surface area contributed by atoms with Gasteiger partial charge in [0.1, 0.15) is 17.3 Å². The van der Waals surface area contributed by atoms with Crippen molar-refractivity contribution in [3.63, 3.8) is 0 Å². The zero-order valence-corrected chi connectivity index (χ0v) is 21.4. The molecule has 1 fully saturated rings. The second-order valence-electron chi connectivity index (χ2n) is 9.25. The Morgan fingerprint density at radius 1 is 0.973 bits per heavy atom. The van der Waals surface area contributed by atoms with Crippen molar-refractivity contribution in [1.82, 2.24) is 14.9 Å². The van der Waals surface area contributed by atoms with Crippen LogP contribution < -0.4 is 14.4 Å². The van der Waals surface area contributed by atoms with E-state index in [0.717, 1.165) is 75.5 Å². The van der Waals surface area contributed by atoms with Crippen LogP contribution in [0.5, 0.6) is 11.5 Å². The molecule has 0 aliphatic carbocycles. The van der Waals surface area contributed by atoms with Gasteiger partial charge >= 0.3 is 11.9 Å². The minimum atomic E-state index is -1.07. The second kappa shape index (κ2) is 11.2. The van der Waals surface area contributed by atoms with Gasteiger partial charge in [0.2, 0.25) is 0 Å². The number of esters is 2. The average Bonchev–Trinajstić information content (AvgIpc) is 3.06. The molecule has 0 spiro atoms. The molecule has 4 heterocycles. The van der Waals surface area contributed by atoms with Gasteiger partial charge in [0, 0.05) is 62.2 Å². The third-order valence-electron chi connectivity index (χ3n) is 6.78. The quantitative estimate of drug-likeness (QED) is 0.187. The summed E-state index contributed by atoms with van der Waals surface area (Å²) in [6.07, 6.45) is 4.44. The second-order valence-corrected chi connectivity index (χ2v) is 9.25. The van der Waals surface area contributed by atoms with Crippen LogP contribution in [0.1, 0.15) is 32.4 Å². The molecule has 1 saturated heterocycles. The number of pyridine rings is 2. The van der Waals surface area contributed by atoms with Crippen molar-refractivity contribution in [1.29, 1.82) is 0 Å². The first kappa shape index (κ1) is 25.1. The summed E-state index contributed by atoms with van der Waals surface area (Å²) in [5.74, 6) is -0.831. The minimum absolute atomic E-state index is 0.222. The molecule has 0 unspecified atom stereocenters. The fraction of sp³-hybridized carbons (Fsp3) is 0.429. The summed E-state index contributed by atoms with van der Waals surface area (Å²) in [7, 11) is 0. The van der Waals surface area contributed by atoms with Gasteiger partial charge in [-0.2, -0.15) is 0 Å². The van der Waals surface area contributed by atoms with Crippen molar-refractivity contribution in [3.05, 3.63) is 42.2 Å². The number of hydrogen-bond acceptors (Lipinski definition) is 9. The Labute approximate surface area is 216 Å². The first-order valence-electron chi connectivity index (χ1n) is 13.0. The molecule has 194 valence electrons. The molecule has 9 heteroatoms. The van der Waals surface area contributed by atoms with E-state index in [1.165, 1.54) is 0 Å². The van der Waals surface area contributed by atoms with Gasteiger partial charge in [-0.1, -0.05) is 26.0 Å². The summed E-state index contributed by atoms with van der Waals surface area (Å²) in [4.78, 5) is 39.0. The number of piperazine rings is 1. The highest BCUT2D eigenvalue weighted by Gasteiger charge is 2.32. The lowest BCUT2D eigenvalue weighted by molar-refractivity contribution is -0.155. The third kappa shape index (κ3) is 5.28. The molecule has 2 aliphatic heterocycles. The van der Waals surface area contributed by atoms with E-state index >= 15 is 0 Å². The molecule has 2 aromatic heterocycles. The van der Waals surface area contributed by atoms with Crippen LogP contribution in [0.3, 0.4) is 0 Å². The summed E-state index contributed by atoms with van der Waals surface area (Å²) >= 11 is 0. The number of rotatable bonds is 9. The Bertz CT molecular complexity index is 1290. The topological polar surface area (TPSA) is 94.1 Å². The molecule has 0 bridgehead atoms. The summed E-state index contributed by atoms with van der Waals surface area (Å²) < 4.78 is 16.6. The number of aryl methyl sites for hydroxylation is 1. The summed E-state index contributed by atoms with van der Waals surface area (Å²) in [6.45, 7) is 10.2. The van der Waals surface area contributed by atoms with Gasteiger partial charge in [-0.3, -0.25) is 4.98 Å².